The number of carbonyl (C=O) groups is 1. The zero-order valence-electron chi connectivity index (χ0n) is 13.6. The second kappa shape index (κ2) is 7.30. The maximum Gasteiger partial charge on any atom is 0.324 e. The summed E-state index contributed by atoms with van der Waals surface area (Å²) in [6.07, 6.45) is 6.35. The zero-order chi connectivity index (χ0) is 17.6. The van der Waals surface area contributed by atoms with E-state index in [1.54, 1.807) is 54.7 Å². The Bertz CT molecular complexity index is 866. The summed E-state index contributed by atoms with van der Waals surface area (Å²) in [7, 11) is 3.07. The van der Waals surface area contributed by atoms with Gasteiger partial charge in [-0.3, -0.25) is 9.88 Å². The van der Waals surface area contributed by atoms with Crippen molar-refractivity contribution in [2.24, 2.45) is 0 Å². The number of aromatic nitrogens is 4. The van der Waals surface area contributed by atoms with Crippen LogP contribution in [0, 0.1) is 0 Å². The van der Waals surface area contributed by atoms with Crippen LogP contribution in [0.15, 0.2) is 49.3 Å². The molecule has 2 heterocycles. The second-order valence-corrected chi connectivity index (χ2v) is 4.88. The highest BCUT2D eigenvalue weighted by molar-refractivity contribution is 5.99. The minimum atomic E-state index is -0.442. The quantitative estimate of drug-likeness (QED) is 0.739. The van der Waals surface area contributed by atoms with Crippen LogP contribution in [0.25, 0.3) is 5.82 Å². The first kappa shape index (κ1) is 16.2. The summed E-state index contributed by atoms with van der Waals surface area (Å²) in [6, 6.07) is 6.27. The van der Waals surface area contributed by atoms with Crippen LogP contribution in [0.3, 0.4) is 0 Å². The minimum Gasteiger partial charge on any atom is -0.493 e. The number of benzene rings is 1. The summed E-state index contributed by atoms with van der Waals surface area (Å²) < 4.78 is 12.1. The molecule has 3 aromatic rings. The van der Waals surface area contributed by atoms with Crippen molar-refractivity contribution in [3.05, 3.63) is 49.3 Å². The standard InChI is InChI=1S/C16H16N6O3/c1-24-12-4-3-11(7-13(12)25-2)20-16(23)21-14-8-15(19-9-18-14)22-6-5-17-10-22/h3-10H,1-2H3,(H2,18,19,20,21,23). The van der Waals surface area contributed by atoms with Crippen LogP contribution < -0.4 is 20.1 Å². The molecule has 0 spiro atoms. The van der Waals surface area contributed by atoms with Gasteiger partial charge in [0.1, 0.15) is 24.3 Å². The van der Waals surface area contributed by atoms with E-state index in [1.807, 2.05) is 0 Å². The van der Waals surface area contributed by atoms with Crippen molar-refractivity contribution in [2.45, 2.75) is 0 Å². The number of amides is 2. The van der Waals surface area contributed by atoms with Gasteiger partial charge in [0.25, 0.3) is 0 Å². The Morgan fingerprint density at radius 1 is 1.08 bits per heavy atom. The van der Waals surface area contributed by atoms with E-state index in [9.17, 15) is 4.79 Å². The summed E-state index contributed by atoms with van der Waals surface area (Å²) >= 11 is 0. The number of nitrogens with one attached hydrogen (secondary N) is 2. The Morgan fingerprint density at radius 3 is 2.64 bits per heavy atom. The molecule has 25 heavy (non-hydrogen) atoms. The fraction of sp³-hybridized carbons (Fsp3) is 0.125. The van der Waals surface area contributed by atoms with Crippen LogP contribution in [0.2, 0.25) is 0 Å². The molecule has 9 heteroatoms. The molecular weight excluding hydrogens is 324 g/mol. The fourth-order valence-electron chi connectivity index (χ4n) is 2.14. The smallest absolute Gasteiger partial charge is 0.324 e. The van der Waals surface area contributed by atoms with E-state index in [0.29, 0.717) is 28.8 Å². The van der Waals surface area contributed by atoms with Gasteiger partial charge in [-0.1, -0.05) is 0 Å². The number of nitrogens with zero attached hydrogens (tertiary/aromatic N) is 4. The maximum atomic E-state index is 12.2. The molecule has 0 aliphatic heterocycles. The van der Waals surface area contributed by atoms with Gasteiger partial charge in [0.15, 0.2) is 11.5 Å². The maximum absolute atomic E-state index is 12.2. The first-order chi connectivity index (χ1) is 12.2. The number of anilines is 2. The third-order valence-corrected chi connectivity index (χ3v) is 3.30. The number of hydrogen-bond donors (Lipinski definition) is 2. The highest BCUT2D eigenvalue weighted by Crippen LogP contribution is 2.29. The Labute approximate surface area is 143 Å². The molecular formula is C16H16N6O3. The molecule has 0 atom stereocenters. The number of urea groups is 1. The Balaban J connectivity index is 1.70. The van der Waals surface area contributed by atoms with E-state index in [1.165, 1.54) is 13.4 Å². The average molecular weight is 340 g/mol. The normalized spacial score (nSPS) is 10.2. The van der Waals surface area contributed by atoms with Gasteiger partial charge in [-0.25, -0.2) is 19.7 Å². The molecule has 2 amide bonds. The van der Waals surface area contributed by atoms with Crippen molar-refractivity contribution >= 4 is 17.5 Å². The molecule has 0 aliphatic rings. The Kier molecular flexibility index (Phi) is 4.74. The van der Waals surface area contributed by atoms with E-state index in [4.69, 9.17) is 9.47 Å². The molecule has 0 saturated heterocycles. The molecule has 2 N–H and O–H groups in total. The van der Waals surface area contributed by atoms with E-state index >= 15 is 0 Å². The predicted octanol–water partition coefficient (Wildman–Crippen LogP) is 2.32. The van der Waals surface area contributed by atoms with Crippen LogP contribution in [-0.4, -0.2) is 39.8 Å². The third kappa shape index (κ3) is 3.83. The van der Waals surface area contributed by atoms with E-state index in [-0.39, 0.29) is 0 Å². The second-order valence-electron chi connectivity index (χ2n) is 4.88. The van der Waals surface area contributed by atoms with Gasteiger partial charge in [-0.2, -0.15) is 0 Å². The summed E-state index contributed by atoms with van der Waals surface area (Å²) in [5, 5.41) is 5.36. The lowest BCUT2D eigenvalue weighted by Gasteiger charge is -2.11. The van der Waals surface area contributed by atoms with Crippen molar-refractivity contribution in [1.82, 2.24) is 19.5 Å². The van der Waals surface area contributed by atoms with Crippen LogP contribution in [0.5, 0.6) is 11.5 Å². The largest absolute Gasteiger partial charge is 0.493 e. The minimum absolute atomic E-state index is 0.358. The first-order valence-corrected chi connectivity index (χ1v) is 7.30. The van der Waals surface area contributed by atoms with E-state index in [0.717, 1.165) is 0 Å². The topological polar surface area (TPSA) is 103 Å². The van der Waals surface area contributed by atoms with Crippen LogP contribution >= 0.6 is 0 Å². The zero-order valence-corrected chi connectivity index (χ0v) is 13.6. The van der Waals surface area contributed by atoms with Gasteiger partial charge in [0.05, 0.1) is 14.2 Å². The SMILES string of the molecule is COc1ccc(NC(=O)Nc2cc(-n3ccnc3)ncn2)cc1OC. The molecule has 1 aromatic carbocycles. The monoisotopic (exact) mass is 340 g/mol. The lowest BCUT2D eigenvalue weighted by Crippen LogP contribution is -2.20. The molecule has 0 bridgehead atoms. The number of methoxy groups -OCH3 is 2. The van der Waals surface area contributed by atoms with Crippen molar-refractivity contribution in [2.75, 3.05) is 24.9 Å². The van der Waals surface area contributed by atoms with Crippen molar-refractivity contribution in [3.63, 3.8) is 0 Å². The van der Waals surface area contributed by atoms with Crippen molar-refractivity contribution in [1.29, 1.82) is 0 Å². The highest BCUT2D eigenvalue weighted by atomic mass is 16.5. The fourth-order valence-corrected chi connectivity index (χ4v) is 2.14. The number of carbonyl (C=O) groups excluding carboxylic acids is 1. The number of ether oxygens (including phenoxy) is 2. The number of imidazole rings is 1. The van der Waals surface area contributed by atoms with Crippen LogP contribution in [0.4, 0.5) is 16.3 Å². The molecule has 0 radical (unpaired) electrons. The molecule has 128 valence electrons. The molecule has 0 aliphatic carbocycles. The van der Waals surface area contributed by atoms with E-state index < -0.39 is 6.03 Å². The van der Waals surface area contributed by atoms with Gasteiger partial charge in [-0.05, 0) is 12.1 Å². The number of rotatable bonds is 5. The molecule has 2 aromatic heterocycles. The summed E-state index contributed by atoms with van der Waals surface area (Å²) in [5.74, 6) is 2.05. The first-order valence-electron chi connectivity index (χ1n) is 7.30. The van der Waals surface area contributed by atoms with Gasteiger partial charge < -0.3 is 14.8 Å². The van der Waals surface area contributed by atoms with Crippen LogP contribution in [0.1, 0.15) is 0 Å². The van der Waals surface area contributed by atoms with Gasteiger partial charge in [0.2, 0.25) is 0 Å². The molecule has 9 nitrogen and oxygen atoms in total. The van der Waals surface area contributed by atoms with Gasteiger partial charge >= 0.3 is 6.03 Å². The lowest BCUT2D eigenvalue weighted by atomic mass is 10.3. The van der Waals surface area contributed by atoms with Gasteiger partial charge in [-0.15, -0.1) is 0 Å². The Morgan fingerprint density at radius 2 is 1.92 bits per heavy atom. The van der Waals surface area contributed by atoms with Crippen molar-refractivity contribution in [3.8, 4) is 17.3 Å². The summed E-state index contributed by atoms with van der Waals surface area (Å²) in [4.78, 5) is 24.3. The molecule has 3 rings (SSSR count). The summed E-state index contributed by atoms with van der Waals surface area (Å²) in [6.45, 7) is 0. The Hall–Kier alpha value is -3.62. The molecule has 0 unspecified atom stereocenters. The van der Waals surface area contributed by atoms with Gasteiger partial charge in [0, 0.05) is 30.2 Å². The lowest BCUT2D eigenvalue weighted by molar-refractivity contribution is 0.262. The van der Waals surface area contributed by atoms with E-state index in [2.05, 4.69) is 25.6 Å². The predicted molar refractivity (Wildman–Crippen MR) is 91.3 cm³/mol. The average Bonchev–Trinajstić information content (AvgIpc) is 3.16. The van der Waals surface area contributed by atoms with Crippen LogP contribution in [-0.2, 0) is 0 Å². The highest BCUT2D eigenvalue weighted by Gasteiger charge is 2.09. The third-order valence-electron chi connectivity index (χ3n) is 3.30. The molecule has 0 saturated carbocycles. The summed E-state index contributed by atoms with van der Waals surface area (Å²) in [5.41, 5.74) is 0.555. The number of hydrogen-bond acceptors (Lipinski definition) is 6. The van der Waals surface area contributed by atoms with Crippen molar-refractivity contribution < 1.29 is 14.3 Å². The molecule has 0 fully saturated rings.